The van der Waals surface area contributed by atoms with Crippen LogP contribution in [0.25, 0.3) is 6.08 Å². The minimum Gasteiger partial charge on any atom is -1.00 e. The zero-order chi connectivity index (χ0) is 16.8. The zero-order valence-electron chi connectivity index (χ0n) is 16.1. The van der Waals surface area contributed by atoms with Crippen LogP contribution < -0.4 is 34.0 Å². The van der Waals surface area contributed by atoms with Crippen molar-refractivity contribution in [2.24, 2.45) is 0 Å². The topological polar surface area (TPSA) is 0 Å². The summed E-state index contributed by atoms with van der Waals surface area (Å²) in [5.74, 6) is 0. The number of fused-ring (bicyclic) bond motifs is 1. The number of benzene rings is 1. The molecule has 0 aliphatic heterocycles. The maximum atomic E-state index is 2.48. The zero-order valence-corrected chi connectivity index (χ0v) is 21.8. The van der Waals surface area contributed by atoms with Crippen molar-refractivity contribution in [2.75, 3.05) is 0 Å². The van der Waals surface area contributed by atoms with Gasteiger partial charge in [-0.05, 0) is 0 Å². The molecule has 25 heavy (non-hydrogen) atoms. The maximum absolute atomic E-state index is 2.48. The van der Waals surface area contributed by atoms with Gasteiger partial charge in [0, 0.05) is 0 Å². The molecule has 0 aromatic heterocycles. The van der Waals surface area contributed by atoms with Crippen molar-refractivity contribution < 1.29 is 57.2 Å². The van der Waals surface area contributed by atoms with Crippen molar-refractivity contribution in [3.05, 3.63) is 63.3 Å². The molecule has 2 aliphatic carbocycles. The van der Waals surface area contributed by atoms with Gasteiger partial charge < -0.3 is 34.0 Å². The second-order valence-electron chi connectivity index (χ2n) is 7.04. The first-order chi connectivity index (χ1) is 11.0. The molecule has 0 fully saturated rings. The molecular formula is C22H28Br2Zr. The summed E-state index contributed by atoms with van der Waals surface area (Å²) < 4.78 is 1.18. The van der Waals surface area contributed by atoms with Gasteiger partial charge in [-0.1, -0.05) is 0 Å². The van der Waals surface area contributed by atoms with Crippen LogP contribution in [0.3, 0.4) is 0 Å². The fourth-order valence-corrected chi connectivity index (χ4v) is 10.3. The second-order valence-corrected chi connectivity index (χ2v) is 11.3. The Kier molecular flexibility index (Phi) is 8.38. The molecular weight excluding hydrogens is 515 g/mol. The first-order valence-corrected chi connectivity index (χ1v) is 11.5. The van der Waals surface area contributed by atoms with E-state index in [4.69, 9.17) is 0 Å². The Morgan fingerprint density at radius 3 is 2.00 bits per heavy atom. The van der Waals surface area contributed by atoms with Gasteiger partial charge in [0.05, 0.1) is 0 Å². The van der Waals surface area contributed by atoms with E-state index in [9.17, 15) is 0 Å². The predicted molar refractivity (Wildman–Crippen MR) is 97.2 cm³/mol. The Bertz CT molecular complexity index is 716. The van der Waals surface area contributed by atoms with E-state index in [1.54, 1.807) is 33.4 Å². The fourth-order valence-electron chi connectivity index (χ4n) is 4.44. The molecule has 0 nitrogen and oxygen atoms in total. The van der Waals surface area contributed by atoms with Crippen LogP contribution in [0.1, 0.15) is 69.1 Å². The molecule has 0 N–H and O–H groups in total. The summed E-state index contributed by atoms with van der Waals surface area (Å²) in [6.07, 6.45) is 4.96. The van der Waals surface area contributed by atoms with Crippen LogP contribution in [0.4, 0.5) is 0 Å². The molecule has 1 unspecified atom stereocenters. The molecule has 0 bridgehead atoms. The molecule has 0 heterocycles. The first kappa shape index (κ1) is 23.3. The van der Waals surface area contributed by atoms with Gasteiger partial charge in [0.2, 0.25) is 0 Å². The standard InChI is InChI=1S/C11H11.C11H17.2BrH.Zr/c1-2-9-7-10-5-3-4-6-11(10)8-9;1-6-11-9(4)7(2)8(3)10(11)5;;;/h3-8H,2H2,1H3;6H2,1-5H3;2*1H;/q;;;;+2/p-2. The third-order valence-corrected chi connectivity index (χ3v) is 12.6. The molecule has 0 amide bonds. The SMILES string of the molecule is CCC1=Cc2ccccc2[CH]1[Zr+2][C]1(CC)C(C)=C(C)C(C)=C1C.[Br-].[Br-]. The van der Waals surface area contributed by atoms with E-state index >= 15 is 0 Å². The van der Waals surface area contributed by atoms with E-state index in [1.165, 1.54) is 18.4 Å². The van der Waals surface area contributed by atoms with Crippen LogP contribution in [-0.2, 0) is 23.2 Å². The monoisotopic (exact) mass is 540 g/mol. The Balaban J connectivity index is 0.00000156. The predicted octanol–water partition coefficient (Wildman–Crippen LogP) is 0.880. The Labute approximate surface area is 186 Å². The van der Waals surface area contributed by atoms with Crippen molar-refractivity contribution in [3.63, 3.8) is 0 Å². The van der Waals surface area contributed by atoms with E-state index in [1.807, 2.05) is 0 Å². The van der Waals surface area contributed by atoms with E-state index in [-0.39, 0.29) is 34.0 Å². The largest absolute Gasteiger partial charge is 1.00 e. The summed E-state index contributed by atoms with van der Waals surface area (Å²) in [4.78, 5) is 0. The summed E-state index contributed by atoms with van der Waals surface area (Å²) in [5.41, 5.74) is 11.3. The molecule has 1 aromatic carbocycles. The van der Waals surface area contributed by atoms with Gasteiger partial charge in [0.1, 0.15) is 0 Å². The first-order valence-electron chi connectivity index (χ1n) is 8.89. The van der Waals surface area contributed by atoms with Crippen LogP contribution in [0, 0.1) is 0 Å². The molecule has 0 spiro atoms. The number of hydrogen-bond donors (Lipinski definition) is 0. The number of rotatable bonds is 4. The smallest absolute Gasteiger partial charge is 1.00 e. The number of halogens is 2. The third kappa shape index (κ3) is 3.67. The van der Waals surface area contributed by atoms with Gasteiger partial charge in [-0.25, -0.2) is 0 Å². The summed E-state index contributed by atoms with van der Waals surface area (Å²) in [5, 5.41) is 0. The summed E-state index contributed by atoms with van der Waals surface area (Å²) in [6, 6.07) is 9.11. The van der Waals surface area contributed by atoms with Crippen molar-refractivity contribution in [1.82, 2.24) is 0 Å². The summed E-state index contributed by atoms with van der Waals surface area (Å²) >= 11 is -0.706. The van der Waals surface area contributed by atoms with Crippen molar-refractivity contribution >= 4 is 6.08 Å². The van der Waals surface area contributed by atoms with Crippen LogP contribution in [0.2, 0.25) is 3.12 Å². The molecule has 0 saturated carbocycles. The van der Waals surface area contributed by atoms with Crippen molar-refractivity contribution in [1.29, 1.82) is 0 Å². The van der Waals surface area contributed by atoms with Crippen LogP contribution in [0.5, 0.6) is 0 Å². The Morgan fingerprint density at radius 2 is 1.48 bits per heavy atom. The van der Waals surface area contributed by atoms with Crippen LogP contribution in [0.15, 0.2) is 52.1 Å². The van der Waals surface area contributed by atoms with Gasteiger partial charge >= 0.3 is 154 Å². The minimum atomic E-state index is -0.706. The molecule has 0 radical (unpaired) electrons. The van der Waals surface area contributed by atoms with Gasteiger partial charge in [0.15, 0.2) is 0 Å². The quantitative estimate of drug-likeness (QED) is 0.530. The van der Waals surface area contributed by atoms with Crippen molar-refractivity contribution in [2.45, 2.75) is 61.1 Å². The minimum absolute atomic E-state index is 0. The third-order valence-electron chi connectivity index (χ3n) is 6.32. The average Bonchev–Trinajstić information content (AvgIpc) is 3.00. The molecule has 1 aromatic rings. The van der Waals surface area contributed by atoms with Crippen LogP contribution >= 0.6 is 0 Å². The van der Waals surface area contributed by atoms with E-state index in [0.717, 1.165) is 3.63 Å². The molecule has 0 saturated heterocycles. The number of hydrogen-bond acceptors (Lipinski definition) is 0. The van der Waals surface area contributed by atoms with Crippen molar-refractivity contribution in [3.8, 4) is 0 Å². The molecule has 1 atom stereocenters. The van der Waals surface area contributed by atoms with E-state index in [0.29, 0.717) is 3.12 Å². The van der Waals surface area contributed by atoms with Gasteiger partial charge in [-0.2, -0.15) is 0 Å². The normalized spacial score (nSPS) is 20.6. The van der Waals surface area contributed by atoms with Gasteiger partial charge in [-0.3, -0.25) is 0 Å². The second kappa shape index (κ2) is 8.98. The summed E-state index contributed by atoms with van der Waals surface area (Å²) in [7, 11) is 0. The Hall–Kier alpha value is 0.283. The Morgan fingerprint density at radius 1 is 0.920 bits per heavy atom. The summed E-state index contributed by atoms with van der Waals surface area (Å²) in [6.45, 7) is 14.2. The average molecular weight is 543 g/mol. The maximum Gasteiger partial charge on any atom is -1.00 e. The van der Waals surface area contributed by atoms with Gasteiger partial charge in [0.25, 0.3) is 0 Å². The molecule has 134 valence electrons. The molecule has 3 heteroatoms. The van der Waals surface area contributed by atoms with Gasteiger partial charge in [-0.15, -0.1) is 0 Å². The van der Waals surface area contributed by atoms with E-state index < -0.39 is 23.2 Å². The molecule has 3 rings (SSSR count). The van der Waals surface area contributed by atoms with E-state index in [2.05, 4.69) is 71.9 Å². The van der Waals surface area contributed by atoms with Crippen LogP contribution in [-0.4, -0.2) is 0 Å². The fraction of sp³-hybridized carbons (Fsp3) is 0.455. The molecule has 2 aliphatic rings. The number of allylic oxidation sites excluding steroid dienone is 5.